The number of aryl methyl sites for hydroxylation is 1. The maximum Gasteiger partial charge on any atom is 0.234 e. The molecular formula is C16H24ClNO3. The number of ether oxygens (including phenoxy) is 2. The van der Waals surface area contributed by atoms with Crippen molar-refractivity contribution in [3.8, 4) is 11.5 Å². The van der Waals surface area contributed by atoms with E-state index in [9.17, 15) is 4.79 Å². The molecule has 4 nitrogen and oxygen atoms in total. The molecule has 1 aromatic carbocycles. The van der Waals surface area contributed by atoms with E-state index >= 15 is 0 Å². The third kappa shape index (κ3) is 6.71. The fraction of sp³-hybridized carbons (Fsp3) is 0.562. The first-order valence-corrected chi connectivity index (χ1v) is 7.78. The second-order valence-electron chi connectivity index (χ2n) is 4.83. The Labute approximate surface area is 131 Å². The molecule has 0 atom stereocenters. The van der Waals surface area contributed by atoms with Gasteiger partial charge in [0.2, 0.25) is 5.91 Å². The summed E-state index contributed by atoms with van der Waals surface area (Å²) in [5, 5.41) is 2.77. The molecule has 118 valence electrons. The van der Waals surface area contributed by atoms with Crippen molar-refractivity contribution in [2.24, 2.45) is 0 Å². The molecule has 0 aliphatic heterocycles. The maximum atomic E-state index is 10.9. The van der Waals surface area contributed by atoms with E-state index in [0.717, 1.165) is 43.6 Å². The van der Waals surface area contributed by atoms with Crippen LogP contribution in [0.3, 0.4) is 0 Å². The molecule has 0 radical (unpaired) electrons. The molecule has 21 heavy (non-hydrogen) atoms. The van der Waals surface area contributed by atoms with E-state index in [1.807, 2.05) is 18.2 Å². The average molecular weight is 314 g/mol. The molecule has 0 unspecified atom stereocenters. The van der Waals surface area contributed by atoms with Crippen molar-refractivity contribution in [1.29, 1.82) is 0 Å². The fourth-order valence-electron chi connectivity index (χ4n) is 2.15. The quantitative estimate of drug-likeness (QED) is 0.533. The molecule has 1 aromatic rings. The Morgan fingerprint density at radius 3 is 2.57 bits per heavy atom. The minimum atomic E-state index is -0.0993. The van der Waals surface area contributed by atoms with Crippen molar-refractivity contribution in [1.82, 2.24) is 5.32 Å². The topological polar surface area (TPSA) is 47.6 Å². The maximum absolute atomic E-state index is 10.9. The summed E-state index contributed by atoms with van der Waals surface area (Å²) in [6.45, 7) is 0.702. The Morgan fingerprint density at radius 1 is 1.14 bits per heavy atom. The molecule has 0 bridgehead atoms. The highest BCUT2D eigenvalue weighted by Gasteiger charge is 2.05. The van der Waals surface area contributed by atoms with E-state index in [2.05, 4.69) is 5.32 Å². The summed E-state index contributed by atoms with van der Waals surface area (Å²) < 4.78 is 10.6. The second-order valence-corrected chi connectivity index (χ2v) is 5.09. The molecule has 0 aliphatic carbocycles. The minimum absolute atomic E-state index is 0.0373. The van der Waals surface area contributed by atoms with Crippen LogP contribution in [-0.4, -0.2) is 32.6 Å². The highest BCUT2D eigenvalue weighted by Crippen LogP contribution is 2.25. The number of alkyl halides is 1. The van der Waals surface area contributed by atoms with E-state index < -0.39 is 0 Å². The van der Waals surface area contributed by atoms with Gasteiger partial charge in [-0.2, -0.15) is 0 Å². The van der Waals surface area contributed by atoms with Crippen LogP contribution in [0.2, 0.25) is 0 Å². The summed E-state index contributed by atoms with van der Waals surface area (Å²) in [5.41, 5.74) is 1.17. The van der Waals surface area contributed by atoms with E-state index in [-0.39, 0.29) is 11.8 Å². The van der Waals surface area contributed by atoms with Gasteiger partial charge in [0.15, 0.2) is 0 Å². The Hall–Kier alpha value is -1.42. The summed E-state index contributed by atoms with van der Waals surface area (Å²) in [6, 6.07) is 5.87. The van der Waals surface area contributed by atoms with Crippen LogP contribution in [0.5, 0.6) is 11.5 Å². The Morgan fingerprint density at radius 2 is 1.90 bits per heavy atom. The van der Waals surface area contributed by atoms with Crippen LogP contribution < -0.4 is 14.8 Å². The van der Waals surface area contributed by atoms with Gasteiger partial charge in [0, 0.05) is 6.54 Å². The van der Waals surface area contributed by atoms with E-state index in [0.29, 0.717) is 6.54 Å². The number of benzene rings is 1. The molecule has 0 saturated heterocycles. The number of halogens is 1. The number of methoxy groups -OCH3 is 2. The highest BCUT2D eigenvalue weighted by molar-refractivity contribution is 6.27. The van der Waals surface area contributed by atoms with Crippen LogP contribution in [0, 0.1) is 0 Å². The summed E-state index contributed by atoms with van der Waals surface area (Å²) >= 11 is 5.40. The van der Waals surface area contributed by atoms with E-state index in [1.54, 1.807) is 14.2 Å². The van der Waals surface area contributed by atoms with Crippen molar-refractivity contribution >= 4 is 17.5 Å². The Bertz CT molecular complexity index is 438. The number of hydrogen-bond donors (Lipinski definition) is 1. The van der Waals surface area contributed by atoms with Crippen LogP contribution in [0.4, 0.5) is 0 Å². The molecule has 1 rings (SSSR count). The zero-order chi connectivity index (χ0) is 15.5. The van der Waals surface area contributed by atoms with Gasteiger partial charge in [-0.3, -0.25) is 4.79 Å². The van der Waals surface area contributed by atoms with Gasteiger partial charge in [-0.25, -0.2) is 0 Å². The van der Waals surface area contributed by atoms with Crippen molar-refractivity contribution in [2.75, 3.05) is 26.6 Å². The van der Waals surface area contributed by atoms with E-state index in [1.165, 1.54) is 5.56 Å². The van der Waals surface area contributed by atoms with Gasteiger partial charge in [-0.1, -0.05) is 12.8 Å². The van der Waals surface area contributed by atoms with Gasteiger partial charge in [-0.05, 0) is 43.0 Å². The first-order valence-electron chi connectivity index (χ1n) is 7.24. The smallest absolute Gasteiger partial charge is 0.234 e. The van der Waals surface area contributed by atoms with Gasteiger partial charge in [-0.15, -0.1) is 11.6 Å². The predicted molar refractivity (Wildman–Crippen MR) is 85.4 cm³/mol. The van der Waals surface area contributed by atoms with Crippen molar-refractivity contribution in [3.05, 3.63) is 23.8 Å². The summed E-state index contributed by atoms with van der Waals surface area (Å²) in [5.74, 6) is 1.70. The molecule has 0 aromatic heterocycles. The molecule has 0 fully saturated rings. The van der Waals surface area contributed by atoms with Gasteiger partial charge in [0.1, 0.15) is 17.4 Å². The number of carbonyl (C=O) groups excluding carboxylic acids is 1. The van der Waals surface area contributed by atoms with Gasteiger partial charge >= 0.3 is 0 Å². The van der Waals surface area contributed by atoms with Gasteiger partial charge in [0.05, 0.1) is 14.2 Å². The van der Waals surface area contributed by atoms with Crippen molar-refractivity contribution < 1.29 is 14.3 Å². The van der Waals surface area contributed by atoms with Crippen molar-refractivity contribution in [2.45, 2.75) is 32.1 Å². The van der Waals surface area contributed by atoms with E-state index in [4.69, 9.17) is 21.1 Å². The SMILES string of the molecule is COc1ccc(OC)c(CCCCCCNC(=O)CCl)c1. The summed E-state index contributed by atoms with van der Waals surface area (Å²) in [6.07, 6.45) is 5.26. The molecule has 0 heterocycles. The number of unbranched alkanes of at least 4 members (excludes halogenated alkanes) is 3. The molecule has 0 aliphatic rings. The third-order valence-electron chi connectivity index (χ3n) is 3.30. The van der Waals surface area contributed by atoms with Gasteiger partial charge in [0.25, 0.3) is 0 Å². The number of carbonyl (C=O) groups is 1. The second kappa shape index (κ2) is 10.3. The number of nitrogens with one attached hydrogen (secondary N) is 1. The molecule has 0 saturated carbocycles. The predicted octanol–water partition coefficient (Wildman–Crippen LogP) is 3.16. The minimum Gasteiger partial charge on any atom is -0.497 e. The first kappa shape index (κ1) is 17.6. The lowest BCUT2D eigenvalue weighted by molar-refractivity contribution is -0.118. The summed E-state index contributed by atoms with van der Waals surface area (Å²) in [7, 11) is 3.35. The highest BCUT2D eigenvalue weighted by atomic mass is 35.5. The normalized spacial score (nSPS) is 10.2. The monoisotopic (exact) mass is 313 g/mol. The van der Waals surface area contributed by atoms with Crippen LogP contribution >= 0.6 is 11.6 Å². The molecule has 1 N–H and O–H groups in total. The number of hydrogen-bond acceptors (Lipinski definition) is 3. The summed E-state index contributed by atoms with van der Waals surface area (Å²) in [4.78, 5) is 10.9. The lowest BCUT2D eigenvalue weighted by Crippen LogP contribution is -2.25. The molecule has 1 amide bonds. The number of amides is 1. The standard InChI is InChI=1S/C16H24ClNO3/c1-20-14-8-9-15(21-2)13(11-14)7-5-3-4-6-10-18-16(19)12-17/h8-9,11H,3-7,10,12H2,1-2H3,(H,18,19). The molecular weight excluding hydrogens is 290 g/mol. The number of rotatable bonds is 10. The van der Waals surface area contributed by atoms with Crippen LogP contribution in [0.25, 0.3) is 0 Å². The Balaban J connectivity index is 2.24. The molecule has 0 spiro atoms. The first-order chi connectivity index (χ1) is 10.2. The zero-order valence-corrected chi connectivity index (χ0v) is 13.5. The average Bonchev–Trinajstić information content (AvgIpc) is 2.53. The molecule has 5 heteroatoms. The van der Waals surface area contributed by atoms with Crippen molar-refractivity contribution in [3.63, 3.8) is 0 Å². The third-order valence-corrected chi connectivity index (χ3v) is 3.55. The Kier molecular flexibility index (Phi) is 8.67. The lowest BCUT2D eigenvalue weighted by atomic mass is 10.0. The van der Waals surface area contributed by atoms with Crippen LogP contribution in [0.15, 0.2) is 18.2 Å². The van der Waals surface area contributed by atoms with Crippen LogP contribution in [-0.2, 0) is 11.2 Å². The van der Waals surface area contributed by atoms with Crippen LogP contribution in [0.1, 0.15) is 31.2 Å². The zero-order valence-electron chi connectivity index (χ0n) is 12.8. The largest absolute Gasteiger partial charge is 0.497 e. The lowest BCUT2D eigenvalue weighted by Gasteiger charge is -2.10. The fourth-order valence-corrected chi connectivity index (χ4v) is 2.24. The van der Waals surface area contributed by atoms with Gasteiger partial charge < -0.3 is 14.8 Å².